The van der Waals surface area contributed by atoms with Crippen LogP contribution < -0.4 is 20.1 Å². The minimum Gasteiger partial charge on any atom is -0.497 e. The first-order chi connectivity index (χ1) is 10.3. The van der Waals surface area contributed by atoms with Gasteiger partial charge in [-0.2, -0.15) is 0 Å². The third kappa shape index (κ3) is 4.13. The zero-order valence-corrected chi connectivity index (χ0v) is 12.6. The van der Waals surface area contributed by atoms with Crippen molar-refractivity contribution in [3.8, 4) is 11.5 Å². The maximum absolute atomic E-state index is 5.74. The van der Waals surface area contributed by atoms with Crippen LogP contribution in [-0.2, 0) is 6.54 Å². The van der Waals surface area contributed by atoms with Gasteiger partial charge in [-0.3, -0.25) is 0 Å². The normalized spacial score (nSPS) is 10.2. The highest BCUT2D eigenvalue weighted by Gasteiger charge is 2.07. The molecule has 0 fully saturated rings. The Kier molecular flexibility index (Phi) is 5.46. The van der Waals surface area contributed by atoms with Crippen molar-refractivity contribution in [3.05, 3.63) is 54.1 Å². The second kappa shape index (κ2) is 7.55. The fraction of sp³-hybridized carbons (Fsp3) is 0.294. The Balaban J connectivity index is 2.13. The molecule has 0 radical (unpaired) electrons. The number of anilines is 1. The maximum Gasteiger partial charge on any atom is 0.119 e. The molecule has 2 aromatic carbocycles. The van der Waals surface area contributed by atoms with Crippen LogP contribution in [0, 0.1) is 0 Å². The van der Waals surface area contributed by atoms with Gasteiger partial charge in [-0.05, 0) is 42.0 Å². The first-order valence-corrected chi connectivity index (χ1v) is 6.99. The average molecular weight is 286 g/mol. The molecular formula is C17H22N2O2. The largest absolute Gasteiger partial charge is 0.497 e. The lowest BCUT2D eigenvalue weighted by molar-refractivity contribution is 0.414. The van der Waals surface area contributed by atoms with Gasteiger partial charge in [0.05, 0.1) is 14.2 Å². The molecule has 0 atom stereocenters. The summed E-state index contributed by atoms with van der Waals surface area (Å²) in [7, 11) is 3.34. The lowest BCUT2D eigenvalue weighted by Crippen LogP contribution is -2.28. The van der Waals surface area contributed by atoms with E-state index in [0.717, 1.165) is 30.3 Å². The SMILES string of the molecule is COc1ccc(CN(CCN)c2ccc(OC)cc2)cc1. The Bertz CT molecular complexity index is 538. The van der Waals surface area contributed by atoms with Gasteiger partial charge in [0, 0.05) is 25.3 Å². The zero-order chi connectivity index (χ0) is 15.1. The van der Waals surface area contributed by atoms with Crippen molar-refractivity contribution in [1.29, 1.82) is 0 Å². The Morgan fingerprint density at radius 3 is 1.86 bits per heavy atom. The average Bonchev–Trinajstić information content (AvgIpc) is 2.55. The summed E-state index contributed by atoms with van der Waals surface area (Å²) in [6.07, 6.45) is 0. The second-order valence-electron chi connectivity index (χ2n) is 4.76. The Morgan fingerprint density at radius 1 is 0.857 bits per heavy atom. The topological polar surface area (TPSA) is 47.7 Å². The van der Waals surface area contributed by atoms with E-state index in [1.807, 2.05) is 24.3 Å². The van der Waals surface area contributed by atoms with Crippen LogP contribution in [0.3, 0.4) is 0 Å². The van der Waals surface area contributed by atoms with E-state index in [1.54, 1.807) is 14.2 Å². The molecule has 0 bridgehead atoms. The molecule has 112 valence electrons. The van der Waals surface area contributed by atoms with Crippen molar-refractivity contribution in [2.45, 2.75) is 6.54 Å². The molecular weight excluding hydrogens is 264 g/mol. The van der Waals surface area contributed by atoms with Crippen LogP contribution in [-0.4, -0.2) is 27.3 Å². The summed E-state index contributed by atoms with van der Waals surface area (Å²) in [5.41, 5.74) is 8.09. The van der Waals surface area contributed by atoms with E-state index < -0.39 is 0 Å². The molecule has 0 spiro atoms. The number of ether oxygens (including phenoxy) is 2. The van der Waals surface area contributed by atoms with E-state index in [0.29, 0.717) is 6.54 Å². The van der Waals surface area contributed by atoms with Gasteiger partial charge in [0.15, 0.2) is 0 Å². The van der Waals surface area contributed by atoms with Gasteiger partial charge in [0.1, 0.15) is 11.5 Å². The molecule has 0 aliphatic carbocycles. The van der Waals surface area contributed by atoms with Gasteiger partial charge in [-0.15, -0.1) is 0 Å². The van der Waals surface area contributed by atoms with Crippen molar-refractivity contribution in [2.24, 2.45) is 5.73 Å². The fourth-order valence-electron chi connectivity index (χ4n) is 2.20. The molecule has 0 aliphatic heterocycles. The molecule has 0 heterocycles. The molecule has 0 saturated carbocycles. The van der Waals surface area contributed by atoms with E-state index in [2.05, 4.69) is 29.2 Å². The monoisotopic (exact) mass is 286 g/mol. The summed E-state index contributed by atoms with van der Waals surface area (Å²) in [6.45, 7) is 2.23. The molecule has 4 heteroatoms. The van der Waals surface area contributed by atoms with Crippen LogP contribution in [0.1, 0.15) is 5.56 Å². The predicted molar refractivity (Wildman–Crippen MR) is 86.1 cm³/mol. The van der Waals surface area contributed by atoms with Crippen molar-refractivity contribution >= 4 is 5.69 Å². The molecule has 4 nitrogen and oxygen atoms in total. The fourth-order valence-corrected chi connectivity index (χ4v) is 2.20. The lowest BCUT2D eigenvalue weighted by Gasteiger charge is -2.24. The highest BCUT2D eigenvalue weighted by Crippen LogP contribution is 2.21. The standard InChI is InChI=1S/C17H22N2O2/c1-20-16-7-3-14(4-8-16)13-19(12-11-18)15-5-9-17(21-2)10-6-15/h3-10H,11-13,18H2,1-2H3. The van der Waals surface area contributed by atoms with E-state index >= 15 is 0 Å². The molecule has 0 aliphatic rings. The molecule has 2 aromatic rings. The summed E-state index contributed by atoms with van der Waals surface area (Å²) in [5.74, 6) is 1.73. The van der Waals surface area contributed by atoms with E-state index in [1.165, 1.54) is 5.56 Å². The number of rotatable bonds is 7. The molecule has 0 unspecified atom stereocenters. The molecule has 0 saturated heterocycles. The Hall–Kier alpha value is -2.20. The summed E-state index contributed by atoms with van der Waals surface area (Å²) < 4.78 is 10.4. The van der Waals surface area contributed by atoms with E-state index in [9.17, 15) is 0 Å². The molecule has 2 rings (SSSR count). The van der Waals surface area contributed by atoms with Crippen LogP contribution in [0.4, 0.5) is 5.69 Å². The number of nitrogens with two attached hydrogens (primary N) is 1. The predicted octanol–water partition coefficient (Wildman–Crippen LogP) is 2.67. The first kappa shape index (κ1) is 15.2. The second-order valence-corrected chi connectivity index (χ2v) is 4.76. The van der Waals surface area contributed by atoms with Crippen molar-refractivity contribution in [2.75, 3.05) is 32.2 Å². The third-order valence-corrected chi connectivity index (χ3v) is 3.37. The number of hydrogen-bond donors (Lipinski definition) is 1. The van der Waals surface area contributed by atoms with Crippen LogP contribution in [0.15, 0.2) is 48.5 Å². The van der Waals surface area contributed by atoms with E-state index in [4.69, 9.17) is 15.2 Å². The van der Waals surface area contributed by atoms with Gasteiger partial charge in [0.25, 0.3) is 0 Å². The zero-order valence-electron chi connectivity index (χ0n) is 12.6. The quantitative estimate of drug-likeness (QED) is 0.850. The van der Waals surface area contributed by atoms with Gasteiger partial charge in [-0.1, -0.05) is 12.1 Å². The van der Waals surface area contributed by atoms with E-state index in [-0.39, 0.29) is 0 Å². The summed E-state index contributed by atoms with van der Waals surface area (Å²) in [5, 5.41) is 0. The Labute approximate surface area is 126 Å². The van der Waals surface area contributed by atoms with Crippen molar-refractivity contribution < 1.29 is 9.47 Å². The van der Waals surface area contributed by atoms with Gasteiger partial charge < -0.3 is 20.1 Å². The van der Waals surface area contributed by atoms with Gasteiger partial charge in [-0.25, -0.2) is 0 Å². The summed E-state index contributed by atoms with van der Waals surface area (Å²) in [4.78, 5) is 2.25. The summed E-state index contributed by atoms with van der Waals surface area (Å²) in [6, 6.07) is 16.1. The maximum atomic E-state index is 5.74. The minimum atomic E-state index is 0.613. The van der Waals surface area contributed by atoms with Crippen LogP contribution in [0.2, 0.25) is 0 Å². The summed E-state index contributed by atoms with van der Waals surface area (Å²) >= 11 is 0. The van der Waals surface area contributed by atoms with Gasteiger partial charge in [0.2, 0.25) is 0 Å². The van der Waals surface area contributed by atoms with Crippen molar-refractivity contribution in [1.82, 2.24) is 0 Å². The smallest absolute Gasteiger partial charge is 0.119 e. The lowest BCUT2D eigenvalue weighted by atomic mass is 10.2. The van der Waals surface area contributed by atoms with Crippen molar-refractivity contribution in [3.63, 3.8) is 0 Å². The molecule has 0 amide bonds. The highest BCUT2D eigenvalue weighted by atomic mass is 16.5. The number of benzene rings is 2. The minimum absolute atomic E-state index is 0.613. The van der Waals surface area contributed by atoms with Gasteiger partial charge >= 0.3 is 0 Å². The van der Waals surface area contributed by atoms with Crippen LogP contribution in [0.5, 0.6) is 11.5 Å². The number of methoxy groups -OCH3 is 2. The highest BCUT2D eigenvalue weighted by molar-refractivity contribution is 5.49. The third-order valence-electron chi connectivity index (χ3n) is 3.37. The Morgan fingerprint density at radius 2 is 1.38 bits per heavy atom. The van der Waals surface area contributed by atoms with Crippen LogP contribution in [0.25, 0.3) is 0 Å². The molecule has 0 aromatic heterocycles. The number of nitrogens with zero attached hydrogens (tertiary/aromatic N) is 1. The molecule has 2 N–H and O–H groups in total. The first-order valence-electron chi connectivity index (χ1n) is 6.99. The molecule has 21 heavy (non-hydrogen) atoms. The number of hydrogen-bond acceptors (Lipinski definition) is 4. The van der Waals surface area contributed by atoms with Crippen LogP contribution >= 0.6 is 0 Å².